The number of nitro groups is 1. The molecule has 17 heavy (non-hydrogen) atoms. The van der Waals surface area contributed by atoms with Crippen LogP contribution in [-0.4, -0.2) is 17.9 Å². The number of hydrogen-bond donors (Lipinski definition) is 1. The van der Waals surface area contributed by atoms with Gasteiger partial charge >= 0.3 is 0 Å². The monoisotopic (exact) mass is 235 g/mol. The van der Waals surface area contributed by atoms with Gasteiger partial charge in [-0.2, -0.15) is 5.26 Å². The number of hydrogen-bond acceptors (Lipinski definition) is 5. The zero-order valence-corrected chi connectivity index (χ0v) is 9.18. The molecule has 1 amide bonds. The van der Waals surface area contributed by atoms with E-state index in [1.54, 1.807) is 6.07 Å². The number of benzene rings is 1. The van der Waals surface area contributed by atoms with E-state index >= 15 is 0 Å². The van der Waals surface area contributed by atoms with Gasteiger partial charge in [-0.1, -0.05) is 0 Å². The summed E-state index contributed by atoms with van der Waals surface area (Å²) in [6, 6.07) is 4.09. The lowest BCUT2D eigenvalue weighted by Gasteiger charge is -2.07. The highest BCUT2D eigenvalue weighted by atomic mass is 16.6. The van der Waals surface area contributed by atoms with Crippen LogP contribution in [0.15, 0.2) is 12.1 Å². The Bertz CT molecular complexity index is 519. The summed E-state index contributed by atoms with van der Waals surface area (Å²) >= 11 is 0. The number of nitrogens with one attached hydrogen (secondary N) is 1. The van der Waals surface area contributed by atoms with Gasteiger partial charge in [0.05, 0.1) is 12.0 Å². The first kappa shape index (κ1) is 12.4. The summed E-state index contributed by atoms with van der Waals surface area (Å²) in [5.41, 5.74) is -0.316. The van der Waals surface area contributed by atoms with E-state index in [4.69, 9.17) is 10.00 Å². The van der Waals surface area contributed by atoms with Gasteiger partial charge in [-0.25, -0.2) is 0 Å². The van der Waals surface area contributed by atoms with E-state index in [-0.39, 0.29) is 22.7 Å². The van der Waals surface area contributed by atoms with Gasteiger partial charge in [0.1, 0.15) is 23.1 Å². The van der Waals surface area contributed by atoms with Crippen LogP contribution < -0.4 is 10.1 Å². The summed E-state index contributed by atoms with van der Waals surface area (Å²) in [6.45, 7) is 1.23. The predicted octanol–water partition coefficient (Wildman–Crippen LogP) is 1.43. The Morgan fingerprint density at radius 3 is 2.65 bits per heavy atom. The third kappa shape index (κ3) is 2.69. The van der Waals surface area contributed by atoms with Crippen molar-refractivity contribution in [3.63, 3.8) is 0 Å². The highest BCUT2D eigenvalue weighted by Gasteiger charge is 2.19. The molecule has 0 aliphatic carbocycles. The van der Waals surface area contributed by atoms with Crippen molar-refractivity contribution in [1.29, 1.82) is 5.26 Å². The van der Waals surface area contributed by atoms with Gasteiger partial charge in [-0.3, -0.25) is 14.9 Å². The van der Waals surface area contributed by atoms with Gasteiger partial charge in [0.25, 0.3) is 5.69 Å². The molecule has 0 aliphatic heterocycles. The van der Waals surface area contributed by atoms with Crippen molar-refractivity contribution < 1.29 is 14.5 Å². The zero-order valence-electron chi connectivity index (χ0n) is 9.18. The van der Waals surface area contributed by atoms with Crippen LogP contribution in [0.4, 0.5) is 11.4 Å². The number of carbonyl (C=O) groups excluding carboxylic acids is 1. The molecule has 0 saturated heterocycles. The topological polar surface area (TPSA) is 105 Å². The molecule has 1 aromatic carbocycles. The quantitative estimate of drug-likeness (QED) is 0.630. The summed E-state index contributed by atoms with van der Waals surface area (Å²) in [4.78, 5) is 21.0. The Hall–Kier alpha value is -2.62. The van der Waals surface area contributed by atoms with Crippen molar-refractivity contribution in [1.82, 2.24) is 0 Å². The molecule has 0 spiro atoms. The van der Waals surface area contributed by atoms with Crippen LogP contribution in [0.25, 0.3) is 0 Å². The fraction of sp³-hybridized carbons (Fsp3) is 0.200. The molecule has 0 saturated carbocycles. The minimum Gasteiger partial charge on any atom is -0.495 e. The Labute approximate surface area is 96.8 Å². The summed E-state index contributed by atoms with van der Waals surface area (Å²) in [5.74, 6) is -0.276. The minimum atomic E-state index is -0.675. The van der Waals surface area contributed by atoms with Gasteiger partial charge in [0.2, 0.25) is 5.91 Å². The Morgan fingerprint density at radius 1 is 1.59 bits per heavy atom. The van der Waals surface area contributed by atoms with E-state index in [2.05, 4.69) is 5.32 Å². The molecule has 0 atom stereocenters. The molecule has 0 heterocycles. The van der Waals surface area contributed by atoms with Crippen molar-refractivity contribution in [2.45, 2.75) is 6.92 Å². The maximum absolute atomic E-state index is 10.9. The molecule has 0 fully saturated rings. The second-order valence-electron chi connectivity index (χ2n) is 3.12. The molecule has 0 aromatic heterocycles. The number of nitro benzene ring substituents is 1. The minimum absolute atomic E-state index is 0.00153. The van der Waals surface area contributed by atoms with E-state index in [0.717, 1.165) is 6.07 Å². The third-order valence-electron chi connectivity index (χ3n) is 1.95. The SMILES string of the molecule is COc1cc(NC(C)=O)c([N+](=O)[O-])cc1C#N. The van der Waals surface area contributed by atoms with Crippen LogP contribution in [0.2, 0.25) is 0 Å². The molecule has 0 aliphatic rings. The van der Waals surface area contributed by atoms with E-state index in [9.17, 15) is 14.9 Å². The molecule has 7 nitrogen and oxygen atoms in total. The molecule has 88 valence electrons. The number of methoxy groups -OCH3 is 1. The third-order valence-corrected chi connectivity index (χ3v) is 1.95. The summed E-state index contributed by atoms with van der Waals surface area (Å²) in [5, 5.41) is 21.9. The van der Waals surface area contributed by atoms with Crippen molar-refractivity contribution in [2.75, 3.05) is 12.4 Å². The first-order valence-electron chi connectivity index (χ1n) is 4.53. The Morgan fingerprint density at radius 2 is 2.24 bits per heavy atom. The van der Waals surface area contributed by atoms with E-state index in [1.165, 1.54) is 20.1 Å². The highest BCUT2D eigenvalue weighted by molar-refractivity contribution is 5.92. The van der Waals surface area contributed by atoms with E-state index in [0.29, 0.717) is 0 Å². The Balaban J connectivity index is 3.41. The molecule has 1 rings (SSSR count). The second kappa shape index (κ2) is 4.94. The van der Waals surface area contributed by atoms with Crippen LogP contribution in [-0.2, 0) is 4.79 Å². The first-order valence-corrected chi connectivity index (χ1v) is 4.53. The predicted molar refractivity (Wildman–Crippen MR) is 58.7 cm³/mol. The average Bonchev–Trinajstić information content (AvgIpc) is 2.27. The van der Waals surface area contributed by atoms with Crippen LogP contribution in [0, 0.1) is 21.4 Å². The van der Waals surface area contributed by atoms with Crippen LogP contribution in [0.3, 0.4) is 0 Å². The molecule has 0 bridgehead atoms. The number of anilines is 1. The average molecular weight is 235 g/mol. The van der Waals surface area contributed by atoms with Crippen molar-refractivity contribution in [3.8, 4) is 11.8 Å². The molecule has 7 heteroatoms. The maximum atomic E-state index is 10.9. The first-order chi connectivity index (χ1) is 7.99. The molecule has 1 aromatic rings. The van der Waals surface area contributed by atoms with Crippen molar-refractivity contribution >= 4 is 17.3 Å². The fourth-order valence-electron chi connectivity index (χ4n) is 1.27. The number of rotatable bonds is 3. The van der Waals surface area contributed by atoms with Crippen molar-refractivity contribution in [2.24, 2.45) is 0 Å². The molecule has 0 radical (unpaired) electrons. The molecular weight excluding hydrogens is 226 g/mol. The number of amides is 1. The second-order valence-corrected chi connectivity index (χ2v) is 3.12. The highest BCUT2D eigenvalue weighted by Crippen LogP contribution is 2.32. The lowest BCUT2D eigenvalue weighted by molar-refractivity contribution is -0.384. The summed E-state index contributed by atoms with van der Waals surface area (Å²) in [7, 11) is 1.33. The normalized spacial score (nSPS) is 9.24. The zero-order chi connectivity index (χ0) is 13.0. The summed E-state index contributed by atoms with van der Waals surface area (Å²) < 4.78 is 4.90. The lowest BCUT2D eigenvalue weighted by atomic mass is 10.1. The lowest BCUT2D eigenvalue weighted by Crippen LogP contribution is -2.08. The number of nitriles is 1. The summed E-state index contributed by atoms with van der Waals surface area (Å²) in [6.07, 6.45) is 0. The van der Waals surface area contributed by atoms with Crippen LogP contribution >= 0.6 is 0 Å². The van der Waals surface area contributed by atoms with Gasteiger partial charge in [-0.15, -0.1) is 0 Å². The fourth-order valence-corrected chi connectivity index (χ4v) is 1.27. The van der Waals surface area contributed by atoms with Gasteiger partial charge < -0.3 is 10.1 Å². The maximum Gasteiger partial charge on any atom is 0.294 e. The van der Waals surface area contributed by atoms with Crippen molar-refractivity contribution in [3.05, 3.63) is 27.8 Å². The van der Waals surface area contributed by atoms with Crippen LogP contribution in [0.1, 0.15) is 12.5 Å². The Kier molecular flexibility index (Phi) is 3.62. The smallest absolute Gasteiger partial charge is 0.294 e. The molecule has 1 N–H and O–H groups in total. The van der Waals surface area contributed by atoms with Gasteiger partial charge in [0, 0.05) is 19.1 Å². The van der Waals surface area contributed by atoms with E-state index in [1.807, 2.05) is 0 Å². The van der Waals surface area contributed by atoms with Crippen LogP contribution in [0.5, 0.6) is 5.75 Å². The standard InChI is InChI=1S/C10H9N3O4/c1-6(14)12-8-4-10(17-2)7(5-11)3-9(8)13(15)16/h3-4H,1-2H3,(H,12,14). The number of nitrogens with zero attached hydrogens (tertiary/aromatic N) is 2. The van der Waals surface area contributed by atoms with Gasteiger partial charge in [-0.05, 0) is 0 Å². The number of carbonyl (C=O) groups is 1. The number of ether oxygens (including phenoxy) is 1. The molecule has 0 unspecified atom stereocenters. The van der Waals surface area contributed by atoms with E-state index < -0.39 is 10.8 Å². The van der Waals surface area contributed by atoms with Gasteiger partial charge in [0.15, 0.2) is 0 Å². The molecular formula is C10H9N3O4. The largest absolute Gasteiger partial charge is 0.495 e.